The molecule has 3 aliphatic rings. The maximum atomic E-state index is 14.0. The van der Waals surface area contributed by atoms with Gasteiger partial charge in [0.1, 0.15) is 5.41 Å². The van der Waals surface area contributed by atoms with Crippen LogP contribution < -0.4 is 5.32 Å². The molecule has 162 valence electrons. The molecule has 6 nitrogen and oxygen atoms in total. The number of rotatable bonds is 3. The van der Waals surface area contributed by atoms with E-state index in [-0.39, 0.29) is 17.9 Å². The average molecular weight is 420 g/mol. The lowest BCUT2D eigenvalue weighted by Crippen LogP contribution is -2.59. The van der Waals surface area contributed by atoms with Gasteiger partial charge in [0.2, 0.25) is 11.8 Å². The second-order valence-corrected chi connectivity index (χ2v) is 9.19. The third-order valence-electron chi connectivity index (χ3n) is 7.29. The Kier molecular flexibility index (Phi) is 4.87. The van der Waals surface area contributed by atoms with E-state index in [0.29, 0.717) is 26.2 Å². The van der Waals surface area contributed by atoms with Crippen LogP contribution in [0.5, 0.6) is 0 Å². The SMILES string of the molecule is CC(C)(C(=O)N1CC[C@]2(C(=O)Nc3ccccc32)[C@@H]1c1ccccc1)N1CCOCC1. The van der Waals surface area contributed by atoms with E-state index in [0.717, 1.165) is 29.9 Å². The van der Waals surface area contributed by atoms with Crippen LogP contribution >= 0.6 is 0 Å². The Bertz CT molecular complexity index is 1000. The number of anilines is 1. The molecule has 31 heavy (non-hydrogen) atoms. The lowest BCUT2D eigenvalue weighted by atomic mass is 9.72. The summed E-state index contributed by atoms with van der Waals surface area (Å²) in [5.74, 6) is 0.0549. The van der Waals surface area contributed by atoms with E-state index in [9.17, 15) is 9.59 Å². The van der Waals surface area contributed by atoms with Crippen molar-refractivity contribution in [2.45, 2.75) is 37.3 Å². The Morgan fingerprint density at radius 2 is 1.71 bits per heavy atom. The molecule has 2 amide bonds. The lowest BCUT2D eigenvalue weighted by Gasteiger charge is -2.44. The molecule has 1 N–H and O–H groups in total. The Balaban J connectivity index is 1.59. The molecular weight excluding hydrogens is 390 g/mol. The molecule has 0 bridgehead atoms. The molecule has 3 aliphatic heterocycles. The van der Waals surface area contributed by atoms with Crippen LogP contribution in [0, 0.1) is 0 Å². The summed E-state index contributed by atoms with van der Waals surface area (Å²) in [5, 5.41) is 3.09. The number of likely N-dealkylation sites (tertiary alicyclic amines) is 1. The van der Waals surface area contributed by atoms with Crippen molar-refractivity contribution in [1.29, 1.82) is 0 Å². The first-order valence-electron chi connectivity index (χ1n) is 11.1. The molecule has 2 saturated heterocycles. The van der Waals surface area contributed by atoms with Crippen molar-refractivity contribution in [3.8, 4) is 0 Å². The summed E-state index contributed by atoms with van der Waals surface area (Å²) < 4.78 is 5.50. The Hall–Kier alpha value is -2.70. The molecule has 0 unspecified atom stereocenters. The molecule has 0 aliphatic carbocycles. The van der Waals surface area contributed by atoms with Crippen LogP contribution in [0.1, 0.15) is 37.4 Å². The Morgan fingerprint density at radius 3 is 2.45 bits per heavy atom. The Morgan fingerprint density at radius 1 is 1.03 bits per heavy atom. The van der Waals surface area contributed by atoms with E-state index in [1.165, 1.54) is 0 Å². The van der Waals surface area contributed by atoms with E-state index >= 15 is 0 Å². The predicted molar refractivity (Wildman–Crippen MR) is 119 cm³/mol. The molecule has 2 aromatic carbocycles. The fourth-order valence-electron chi connectivity index (χ4n) is 5.61. The number of benzene rings is 2. The number of hydrogen-bond donors (Lipinski definition) is 1. The van der Waals surface area contributed by atoms with Gasteiger partial charge >= 0.3 is 0 Å². The van der Waals surface area contributed by atoms with Gasteiger partial charge in [-0.25, -0.2) is 0 Å². The van der Waals surface area contributed by atoms with Gasteiger partial charge in [0.25, 0.3) is 0 Å². The highest BCUT2D eigenvalue weighted by atomic mass is 16.5. The maximum absolute atomic E-state index is 14.0. The van der Waals surface area contributed by atoms with Crippen LogP contribution in [0.2, 0.25) is 0 Å². The van der Waals surface area contributed by atoms with Crippen molar-refractivity contribution in [2.24, 2.45) is 0 Å². The Labute approximate surface area is 183 Å². The van der Waals surface area contributed by atoms with Gasteiger partial charge in [-0.2, -0.15) is 0 Å². The van der Waals surface area contributed by atoms with E-state index < -0.39 is 11.0 Å². The highest BCUT2D eigenvalue weighted by molar-refractivity contribution is 6.08. The van der Waals surface area contributed by atoms with Crippen LogP contribution in [0.15, 0.2) is 54.6 Å². The highest BCUT2D eigenvalue weighted by Crippen LogP contribution is 2.55. The van der Waals surface area contributed by atoms with Gasteiger partial charge in [-0.1, -0.05) is 48.5 Å². The number of fused-ring (bicyclic) bond motifs is 2. The summed E-state index contributed by atoms with van der Waals surface area (Å²) in [6.07, 6.45) is 0.611. The fraction of sp³-hybridized carbons (Fsp3) is 0.440. The van der Waals surface area contributed by atoms with Crippen molar-refractivity contribution in [2.75, 3.05) is 38.2 Å². The second kappa shape index (κ2) is 7.46. The number of carbonyl (C=O) groups is 2. The summed E-state index contributed by atoms with van der Waals surface area (Å²) in [4.78, 5) is 31.7. The topological polar surface area (TPSA) is 61.9 Å². The number of carbonyl (C=O) groups excluding carboxylic acids is 2. The minimum absolute atomic E-state index is 0.0120. The third kappa shape index (κ3) is 3.00. The van der Waals surface area contributed by atoms with Gasteiger partial charge in [0.05, 0.1) is 24.8 Å². The monoisotopic (exact) mass is 419 g/mol. The summed E-state index contributed by atoms with van der Waals surface area (Å²) in [7, 11) is 0. The fourth-order valence-corrected chi connectivity index (χ4v) is 5.61. The molecular formula is C25H29N3O3. The molecule has 0 aromatic heterocycles. The highest BCUT2D eigenvalue weighted by Gasteiger charge is 2.60. The molecule has 0 saturated carbocycles. The molecule has 2 aromatic rings. The first-order chi connectivity index (χ1) is 15.0. The molecule has 1 spiro atoms. The number of para-hydroxylation sites is 1. The summed E-state index contributed by atoms with van der Waals surface area (Å²) in [6, 6.07) is 17.6. The van der Waals surface area contributed by atoms with Crippen molar-refractivity contribution in [3.63, 3.8) is 0 Å². The lowest BCUT2D eigenvalue weighted by molar-refractivity contribution is -0.147. The van der Waals surface area contributed by atoms with Crippen molar-refractivity contribution in [3.05, 3.63) is 65.7 Å². The molecule has 6 heteroatoms. The van der Waals surface area contributed by atoms with Gasteiger partial charge < -0.3 is 15.0 Å². The minimum atomic E-state index is -0.769. The number of nitrogens with zero attached hydrogens (tertiary/aromatic N) is 2. The summed E-state index contributed by atoms with van der Waals surface area (Å²) in [6.45, 7) is 7.28. The predicted octanol–water partition coefficient (Wildman–Crippen LogP) is 2.96. The van der Waals surface area contributed by atoms with Gasteiger partial charge in [-0.15, -0.1) is 0 Å². The van der Waals surface area contributed by atoms with Crippen LogP contribution in [0.25, 0.3) is 0 Å². The van der Waals surface area contributed by atoms with Crippen molar-refractivity contribution in [1.82, 2.24) is 9.80 Å². The molecule has 2 atom stereocenters. The second-order valence-electron chi connectivity index (χ2n) is 9.19. The van der Waals surface area contributed by atoms with Gasteiger partial charge in [0, 0.05) is 25.3 Å². The zero-order valence-electron chi connectivity index (χ0n) is 18.1. The van der Waals surface area contributed by atoms with Gasteiger partial charge in [0.15, 0.2) is 0 Å². The van der Waals surface area contributed by atoms with Crippen LogP contribution in [0.4, 0.5) is 5.69 Å². The number of amides is 2. The van der Waals surface area contributed by atoms with Crippen molar-refractivity contribution >= 4 is 17.5 Å². The van der Waals surface area contributed by atoms with E-state index in [1.807, 2.05) is 73.3 Å². The normalized spacial score (nSPS) is 26.2. The quantitative estimate of drug-likeness (QED) is 0.831. The van der Waals surface area contributed by atoms with E-state index in [2.05, 4.69) is 10.2 Å². The summed E-state index contributed by atoms with van der Waals surface area (Å²) in [5.41, 5.74) is 1.41. The first-order valence-corrected chi connectivity index (χ1v) is 11.1. The third-order valence-corrected chi connectivity index (χ3v) is 7.29. The molecule has 0 radical (unpaired) electrons. The largest absolute Gasteiger partial charge is 0.379 e. The van der Waals surface area contributed by atoms with Gasteiger partial charge in [-0.05, 0) is 37.5 Å². The van der Waals surface area contributed by atoms with E-state index in [1.54, 1.807) is 0 Å². The average Bonchev–Trinajstić information content (AvgIpc) is 3.33. The van der Waals surface area contributed by atoms with Crippen molar-refractivity contribution < 1.29 is 14.3 Å². The maximum Gasteiger partial charge on any atom is 0.243 e. The zero-order chi connectivity index (χ0) is 21.6. The number of hydrogen-bond acceptors (Lipinski definition) is 4. The van der Waals surface area contributed by atoms with Crippen LogP contribution in [0.3, 0.4) is 0 Å². The smallest absolute Gasteiger partial charge is 0.243 e. The summed E-state index contributed by atoms with van der Waals surface area (Å²) >= 11 is 0. The standard InChI is InChI=1S/C25H29N3O3/c1-24(2,27-14-16-31-17-15-27)23(30)28-13-12-25(21(28)18-8-4-3-5-9-18)19-10-6-7-11-20(19)26-22(25)29/h3-11,21H,12-17H2,1-2H3,(H,26,29)/t21-,25+/m0/s1. The van der Waals surface area contributed by atoms with E-state index in [4.69, 9.17) is 4.74 Å². The number of morpholine rings is 1. The van der Waals surface area contributed by atoms with Gasteiger partial charge in [-0.3, -0.25) is 14.5 Å². The number of ether oxygens (including phenoxy) is 1. The zero-order valence-corrected chi connectivity index (χ0v) is 18.1. The molecule has 2 fully saturated rings. The molecule has 3 heterocycles. The molecule has 5 rings (SSSR count). The van der Waals surface area contributed by atoms with Crippen LogP contribution in [-0.4, -0.2) is 60.0 Å². The first kappa shape index (κ1) is 20.2. The minimum Gasteiger partial charge on any atom is -0.379 e. The van der Waals surface area contributed by atoms with Crippen LogP contribution in [-0.2, 0) is 19.7 Å². The number of nitrogens with one attached hydrogen (secondary N) is 1.